The molecule has 0 spiro atoms. The normalized spacial score (nSPS) is 38.4. The zero-order valence-corrected chi connectivity index (χ0v) is 10.1. The van der Waals surface area contributed by atoms with Crippen molar-refractivity contribution in [3.63, 3.8) is 0 Å². The van der Waals surface area contributed by atoms with Gasteiger partial charge < -0.3 is 10.6 Å². The Morgan fingerprint density at radius 1 is 1.07 bits per heavy atom. The van der Waals surface area contributed by atoms with Gasteiger partial charge >= 0.3 is 0 Å². The zero-order chi connectivity index (χ0) is 10.7. The van der Waals surface area contributed by atoms with Crippen LogP contribution in [0.5, 0.6) is 0 Å². The Hall–Kier alpha value is -0.0800. The molecule has 0 bridgehead atoms. The van der Waals surface area contributed by atoms with Crippen LogP contribution >= 0.6 is 0 Å². The Bertz CT molecular complexity index is 193. The topological polar surface area (TPSA) is 29.3 Å². The molecule has 88 valence electrons. The summed E-state index contributed by atoms with van der Waals surface area (Å²) < 4.78 is 0. The fourth-order valence-electron chi connectivity index (χ4n) is 3.40. The van der Waals surface area contributed by atoms with Crippen LogP contribution in [0, 0.1) is 11.8 Å². The van der Waals surface area contributed by atoms with Crippen LogP contribution in [0.2, 0.25) is 0 Å². The number of nitrogens with zero attached hydrogens (tertiary/aromatic N) is 1. The molecule has 0 aromatic rings. The fourth-order valence-corrected chi connectivity index (χ4v) is 3.40. The summed E-state index contributed by atoms with van der Waals surface area (Å²) in [7, 11) is 0. The molecular weight excluding hydrogens is 184 g/mol. The molecule has 0 aromatic carbocycles. The average molecular weight is 210 g/mol. The van der Waals surface area contributed by atoms with Crippen molar-refractivity contribution in [1.29, 1.82) is 0 Å². The Morgan fingerprint density at radius 2 is 1.80 bits per heavy atom. The second-order valence-corrected chi connectivity index (χ2v) is 5.53. The van der Waals surface area contributed by atoms with Crippen LogP contribution in [0.25, 0.3) is 0 Å². The molecule has 1 aliphatic carbocycles. The van der Waals surface area contributed by atoms with Crippen molar-refractivity contribution in [1.82, 2.24) is 4.90 Å². The lowest BCUT2D eigenvalue weighted by atomic mass is 9.79. The van der Waals surface area contributed by atoms with Gasteiger partial charge in [-0.2, -0.15) is 0 Å². The fraction of sp³-hybridized carbons (Fsp3) is 1.00. The van der Waals surface area contributed by atoms with E-state index in [2.05, 4.69) is 11.8 Å². The van der Waals surface area contributed by atoms with E-state index in [1.54, 1.807) is 0 Å². The number of likely N-dealkylation sites (tertiary alicyclic amines) is 1. The summed E-state index contributed by atoms with van der Waals surface area (Å²) in [5.41, 5.74) is 5.88. The highest BCUT2D eigenvalue weighted by atomic mass is 15.2. The molecule has 1 saturated carbocycles. The van der Waals surface area contributed by atoms with Gasteiger partial charge in [-0.3, -0.25) is 0 Å². The highest BCUT2D eigenvalue weighted by Crippen LogP contribution is 2.31. The van der Waals surface area contributed by atoms with Gasteiger partial charge in [-0.25, -0.2) is 0 Å². The maximum absolute atomic E-state index is 5.88. The van der Waals surface area contributed by atoms with E-state index in [9.17, 15) is 0 Å². The van der Waals surface area contributed by atoms with E-state index in [1.807, 2.05) is 0 Å². The lowest BCUT2D eigenvalue weighted by molar-refractivity contribution is 0.150. The second-order valence-electron chi connectivity index (χ2n) is 5.53. The summed E-state index contributed by atoms with van der Waals surface area (Å²) in [5.74, 6) is 1.70. The first-order valence-corrected chi connectivity index (χ1v) is 6.75. The molecule has 1 aliphatic heterocycles. The third-order valence-corrected chi connectivity index (χ3v) is 4.53. The number of hydrogen-bond donors (Lipinski definition) is 1. The molecule has 3 unspecified atom stereocenters. The molecule has 2 fully saturated rings. The van der Waals surface area contributed by atoms with Gasteiger partial charge in [-0.1, -0.05) is 12.8 Å². The average Bonchev–Trinajstić information content (AvgIpc) is 2.65. The molecule has 2 nitrogen and oxygen atoms in total. The van der Waals surface area contributed by atoms with Gasteiger partial charge in [-0.05, 0) is 57.5 Å². The lowest BCUT2D eigenvalue weighted by Gasteiger charge is -2.35. The van der Waals surface area contributed by atoms with E-state index in [4.69, 9.17) is 5.73 Å². The molecule has 2 N–H and O–H groups in total. The molecule has 1 saturated heterocycles. The van der Waals surface area contributed by atoms with E-state index in [0.29, 0.717) is 0 Å². The number of hydrogen-bond acceptors (Lipinski definition) is 2. The maximum atomic E-state index is 5.88. The van der Waals surface area contributed by atoms with Crippen molar-refractivity contribution < 1.29 is 0 Å². The van der Waals surface area contributed by atoms with Crippen molar-refractivity contribution >= 4 is 0 Å². The first kappa shape index (κ1) is 11.4. The van der Waals surface area contributed by atoms with E-state index < -0.39 is 0 Å². The van der Waals surface area contributed by atoms with Gasteiger partial charge in [0.25, 0.3) is 0 Å². The predicted molar refractivity (Wildman–Crippen MR) is 64.8 cm³/mol. The Kier molecular flexibility index (Phi) is 4.04. The highest BCUT2D eigenvalue weighted by Gasteiger charge is 2.29. The smallest absolute Gasteiger partial charge is 0.00675 e. The van der Waals surface area contributed by atoms with Crippen LogP contribution in [0.1, 0.15) is 45.4 Å². The zero-order valence-electron chi connectivity index (χ0n) is 10.1. The van der Waals surface area contributed by atoms with Gasteiger partial charge in [0.15, 0.2) is 0 Å². The van der Waals surface area contributed by atoms with E-state index in [0.717, 1.165) is 24.4 Å². The summed E-state index contributed by atoms with van der Waals surface area (Å²) >= 11 is 0. The minimum absolute atomic E-state index is 0.812. The molecular formula is C13H26N2. The van der Waals surface area contributed by atoms with Crippen LogP contribution in [0.4, 0.5) is 0 Å². The van der Waals surface area contributed by atoms with Gasteiger partial charge in [0.2, 0.25) is 0 Å². The van der Waals surface area contributed by atoms with Crippen LogP contribution in [0.3, 0.4) is 0 Å². The summed E-state index contributed by atoms with van der Waals surface area (Å²) in [6.07, 6.45) is 8.45. The number of nitrogens with two attached hydrogens (primary N) is 1. The first-order valence-electron chi connectivity index (χ1n) is 6.75. The second kappa shape index (κ2) is 5.31. The molecule has 2 heteroatoms. The Labute approximate surface area is 94.2 Å². The van der Waals surface area contributed by atoms with E-state index in [1.165, 1.54) is 51.6 Å². The molecule has 2 rings (SSSR count). The van der Waals surface area contributed by atoms with Gasteiger partial charge in [-0.15, -0.1) is 0 Å². The van der Waals surface area contributed by atoms with E-state index >= 15 is 0 Å². The van der Waals surface area contributed by atoms with Crippen molar-refractivity contribution in [2.24, 2.45) is 17.6 Å². The van der Waals surface area contributed by atoms with E-state index in [-0.39, 0.29) is 0 Å². The first-order chi connectivity index (χ1) is 7.31. The third kappa shape index (κ3) is 2.73. The molecule has 1 heterocycles. The standard InChI is InChI=1S/C13H26N2/c1-11-5-4-8-15(11)10-13-7-3-2-6-12(13)9-14/h11-13H,2-10,14H2,1H3. The van der Waals surface area contributed by atoms with Crippen molar-refractivity contribution in [3.05, 3.63) is 0 Å². The quantitative estimate of drug-likeness (QED) is 0.774. The minimum Gasteiger partial charge on any atom is -0.330 e. The molecule has 3 atom stereocenters. The Morgan fingerprint density at radius 3 is 2.40 bits per heavy atom. The van der Waals surface area contributed by atoms with Crippen LogP contribution in [-0.2, 0) is 0 Å². The third-order valence-electron chi connectivity index (χ3n) is 4.53. The largest absolute Gasteiger partial charge is 0.330 e. The molecule has 0 radical (unpaired) electrons. The van der Waals surface area contributed by atoms with Crippen LogP contribution in [0.15, 0.2) is 0 Å². The predicted octanol–water partition coefficient (Wildman–Crippen LogP) is 2.24. The van der Waals surface area contributed by atoms with Crippen molar-refractivity contribution in [2.45, 2.75) is 51.5 Å². The van der Waals surface area contributed by atoms with Crippen molar-refractivity contribution in [2.75, 3.05) is 19.6 Å². The van der Waals surface area contributed by atoms with Gasteiger partial charge in [0.1, 0.15) is 0 Å². The van der Waals surface area contributed by atoms with Gasteiger partial charge in [0.05, 0.1) is 0 Å². The Balaban J connectivity index is 1.85. The minimum atomic E-state index is 0.812. The van der Waals surface area contributed by atoms with Crippen molar-refractivity contribution in [3.8, 4) is 0 Å². The molecule has 0 aromatic heterocycles. The summed E-state index contributed by atoms with van der Waals surface area (Å²) in [4.78, 5) is 2.69. The maximum Gasteiger partial charge on any atom is 0.00675 e. The SMILES string of the molecule is CC1CCCN1CC1CCCCC1CN. The molecule has 15 heavy (non-hydrogen) atoms. The monoisotopic (exact) mass is 210 g/mol. The summed E-state index contributed by atoms with van der Waals surface area (Å²) in [5, 5.41) is 0. The van der Waals surface area contributed by atoms with Crippen LogP contribution < -0.4 is 5.73 Å². The highest BCUT2D eigenvalue weighted by molar-refractivity contribution is 4.83. The van der Waals surface area contributed by atoms with Crippen LogP contribution in [-0.4, -0.2) is 30.6 Å². The summed E-state index contributed by atoms with van der Waals surface area (Å²) in [6, 6.07) is 0.824. The van der Waals surface area contributed by atoms with Gasteiger partial charge in [0, 0.05) is 12.6 Å². The lowest BCUT2D eigenvalue weighted by Crippen LogP contribution is -2.38. The summed E-state index contributed by atoms with van der Waals surface area (Å²) in [6.45, 7) is 5.94. The number of rotatable bonds is 3. The molecule has 0 amide bonds. The molecule has 2 aliphatic rings.